The van der Waals surface area contributed by atoms with Crippen molar-refractivity contribution in [2.75, 3.05) is 0 Å². The third kappa shape index (κ3) is 2.29. The van der Waals surface area contributed by atoms with E-state index >= 15 is 0 Å². The molecule has 0 aliphatic carbocycles. The molecule has 1 aromatic carbocycles. The van der Waals surface area contributed by atoms with Gasteiger partial charge in [-0.05, 0) is 24.1 Å². The van der Waals surface area contributed by atoms with Crippen molar-refractivity contribution < 1.29 is 9.50 Å². The lowest BCUT2D eigenvalue weighted by molar-refractivity contribution is 0.431. The van der Waals surface area contributed by atoms with Crippen molar-refractivity contribution in [3.05, 3.63) is 42.2 Å². The van der Waals surface area contributed by atoms with Crippen molar-refractivity contribution in [2.24, 2.45) is 5.73 Å². The van der Waals surface area contributed by atoms with E-state index in [1.54, 1.807) is 12.1 Å². The van der Waals surface area contributed by atoms with Crippen LogP contribution in [0.25, 0.3) is 0 Å². The maximum absolute atomic E-state index is 12.6. The predicted octanol–water partition coefficient (Wildman–Crippen LogP) is 2.11. The molecule has 0 saturated heterocycles. The van der Waals surface area contributed by atoms with Crippen molar-refractivity contribution in [1.82, 2.24) is 0 Å². The van der Waals surface area contributed by atoms with Gasteiger partial charge in [-0.1, -0.05) is 12.1 Å². The minimum atomic E-state index is -0.630. The van der Waals surface area contributed by atoms with Crippen molar-refractivity contribution >= 4 is 0 Å². The fraction of sp³-hybridized carbons (Fsp3) is 0.200. The van der Waals surface area contributed by atoms with E-state index in [-0.39, 0.29) is 11.8 Å². The molecular weight excluding hydrogens is 169 g/mol. The standard InChI is InChI=1S/C10H12FNO/c1-2-3-9(12)7-4-5-8(11)10(13)6-7/h2,4-6,9,13H,1,3,12H2. The number of nitrogens with two attached hydrogens (primary N) is 1. The van der Waals surface area contributed by atoms with E-state index in [1.165, 1.54) is 12.1 Å². The van der Waals surface area contributed by atoms with E-state index < -0.39 is 5.82 Å². The van der Waals surface area contributed by atoms with Crippen LogP contribution in [0.4, 0.5) is 4.39 Å². The summed E-state index contributed by atoms with van der Waals surface area (Å²) in [6, 6.07) is 3.87. The van der Waals surface area contributed by atoms with E-state index in [4.69, 9.17) is 10.8 Å². The summed E-state index contributed by atoms with van der Waals surface area (Å²) in [5.41, 5.74) is 6.43. The number of hydrogen-bond donors (Lipinski definition) is 2. The minimum absolute atomic E-state index is 0.232. The van der Waals surface area contributed by atoms with Crippen LogP contribution in [-0.4, -0.2) is 5.11 Å². The van der Waals surface area contributed by atoms with Gasteiger partial charge in [0, 0.05) is 6.04 Å². The first-order chi connectivity index (χ1) is 6.15. The zero-order valence-electron chi connectivity index (χ0n) is 7.20. The van der Waals surface area contributed by atoms with Gasteiger partial charge in [0.1, 0.15) is 0 Å². The SMILES string of the molecule is C=CCC(N)c1ccc(F)c(O)c1. The quantitative estimate of drug-likeness (QED) is 0.701. The van der Waals surface area contributed by atoms with Crippen LogP contribution < -0.4 is 5.73 Å². The molecule has 0 bridgehead atoms. The molecule has 3 heteroatoms. The fourth-order valence-corrected chi connectivity index (χ4v) is 1.08. The van der Waals surface area contributed by atoms with Crippen LogP contribution in [0.2, 0.25) is 0 Å². The van der Waals surface area contributed by atoms with Gasteiger partial charge in [-0.25, -0.2) is 4.39 Å². The first kappa shape index (κ1) is 9.74. The van der Waals surface area contributed by atoms with Crippen LogP contribution in [0.5, 0.6) is 5.75 Å². The maximum atomic E-state index is 12.6. The highest BCUT2D eigenvalue weighted by atomic mass is 19.1. The second-order valence-electron chi connectivity index (χ2n) is 2.84. The summed E-state index contributed by atoms with van der Waals surface area (Å²) in [6.07, 6.45) is 2.29. The summed E-state index contributed by atoms with van der Waals surface area (Å²) in [6.45, 7) is 3.55. The Kier molecular flexibility index (Phi) is 3.03. The lowest BCUT2D eigenvalue weighted by atomic mass is 10.0. The predicted molar refractivity (Wildman–Crippen MR) is 49.8 cm³/mol. The Balaban J connectivity index is 2.89. The van der Waals surface area contributed by atoms with E-state index in [0.29, 0.717) is 12.0 Å². The Morgan fingerprint density at radius 1 is 1.62 bits per heavy atom. The Bertz CT molecular complexity index is 312. The number of rotatable bonds is 3. The molecule has 0 heterocycles. The van der Waals surface area contributed by atoms with Crippen molar-refractivity contribution in [1.29, 1.82) is 0 Å². The van der Waals surface area contributed by atoms with Gasteiger partial charge in [-0.3, -0.25) is 0 Å². The Morgan fingerprint density at radius 2 is 2.31 bits per heavy atom. The van der Waals surface area contributed by atoms with Crippen LogP contribution in [-0.2, 0) is 0 Å². The fourth-order valence-electron chi connectivity index (χ4n) is 1.08. The van der Waals surface area contributed by atoms with E-state index in [0.717, 1.165) is 0 Å². The molecule has 1 unspecified atom stereocenters. The van der Waals surface area contributed by atoms with Crippen LogP contribution >= 0.6 is 0 Å². The molecule has 0 saturated carbocycles. The normalized spacial score (nSPS) is 12.5. The zero-order valence-corrected chi connectivity index (χ0v) is 7.20. The molecule has 70 valence electrons. The number of phenols is 1. The zero-order chi connectivity index (χ0) is 9.84. The summed E-state index contributed by atoms with van der Waals surface area (Å²) in [7, 11) is 0. The summed E-state index contributed by atoms with van der Waals surface area (Å²) >= 11 is 0. The van der Waals surface area contributed by atoms with Gasteiger partial charge in [-0.2, -0.15) is 0 Å². The second kappa shape index (κ2) is 4.05. The highest BCUT2D eigenvalue weighted by molar-refractivity contribution is 5.31. The van der Waals surface area contributed by atoms with Crippen LogP contribution in [0, 0.1) is 5.82 Å². The van der Waals surface area contributed by atoms with Gasteiger partial charge < -0.3 is 10.8 Å². The smallest absolute Gasteiger partial charge is 0.164 e. The molecule has 0 aromatic heterocycles. The van der Waals surface area contributed by atoms with Gasteiger partial charge in [0.2, 0.25) is 0 Å². The lowest BCUT2D eigenvalue weighted by Gasteiger charge is -2.09. The highest BCUT2D eigenvalue weighted by Crippen LogP contribution is 2.21. The first-order valence-corrected chi connectivity index (χ1v) is 4.00. The molecule has 0 spiro atoms. The van der Waals surface area contributed by atoms with Crippen molar-refractivity contribution in [3.63, 3.8) is 0 Å². The molecule has 0 aliphatic rings. The molecule has 2 nitrogen and oxygen atoms in total. The molecule has 0 fully saturated rings. The van der Waals surface area contributed by atoms with E-state index in [9.17, 15) is 4.39 Å². The molecule has 1 rings (SSSR count). The van der Waals surface area contributed by atoms with Gasteiger partial charge in [0.15, 0.2) is 11.6 Å². The number of benzene rings is 1. The van der Waals surface area contributed by atoms with E-state index in [2.05, 4.69) is 6.58 Å². The number of aromatic hydroxyl groups is 1. The molecule has 0 radical (unpaired) electrons. The van der Waals surface area contributed by atoms with Crippen molar-refractivity contribution in [2.45, 2.75) is 12.5 Å². The molecule has 1 atom stereocenters. The third-order valence-corrected chi connectivity index (χ3v) is 1.82. The third-order valence-electron chi connectivity index (χ3n) is 1.82. The lowest BCUT2D eigenvalue weighted by Crippen LogP contribution is -2.08. The number of hydrogen-bond acceptors (Lipinski definition) is 2. The van der Waals surface area contributed by atoms with Gasteiger partial charge in [0.25, 0.3) is 0 Å². The second-order valence-corrected chi connectivity index (χ2v) is 2.84. The highest BCUT2D eigenvalue weighted by Gasteiger charge is 2.06. The first-order valence-electron chi connectivity index (χ1n) is 4.00. The number of halogens is 1. The van der Waals surface area contributed by atoms with Crippen LogP contribution in [0.15, 0.2) is 30.9 Å². The van der Waals surface area contributed by atoms with Gasteiger partial charge in [-0.15, -0.1) is 6.58 Å². The van der Waals surface area contributed by atoms with Crippen LogP contribution in [0.1, 0.15) is 18.0 Å². The summed E-state index contributed by atoms with van der Waals surface area (Å²) in [4.78, 5) is 0. The Hall–Kier alpha value is -1.35. The van der Waals surface area contributed by atoms with E-state index in [1.807, 2.05) is 0 Å². The molecule has 1 aromatic rings. The molecule has 0 amide bonds. The monoisotopic (exact) mass is 181 g/mol. The average Bonchev–Trinajstić information content (AvgIpc) is 2.10. The van der Waals surface area contributed by atoms with Gasteiger partial charge in [0.05, 0.1) is 0 Å². The molecule has 3 N–H and O–H groups in total. The maximum Gasteiger partial charge on any atom is 0.164 e. The van der Waals surface area contributed by atoms with Gasteiger partial charge >= 0.3 is 0 Å². The number of phenolic OH excluding ortho intramolecular Hbond substituents is 1. The van der Waals surface area contributed by atoms with Crippen molar-refractivity contribution in [3.8, 4) is 5.75 Å². The molecule has 13 heavy (non-hydrogen) atoms. The minimum Gasteiger partial charge on any atom is -0.505 e. The topological polar surface area (TPSA) is 46.2 Å². The largest absolute Gasteiger partial charge is 0.505 e. The summed E-state index contributed by atoms with van der Waals surface area (Å²) in [5, 5.41) is 9.06. The van der Waals surface area contributed by atoms with Crippen LogP contribution in [0.3, 0.4) is 0 Å². The Labute approximate surface area is 76.5 Å². The summed E-state index contributed by atoms with van der Waals surface area (Å²) < 4.78 is 12.6. The summed E-state index contributed by atoms with van der Waals surface area (Å²) in [5.74, 6) is -0.994. The molecular formula is C10H12FNO. The Morgan fingerprint density at radius 3 is 2.85 bits per heavy atom. The molecule has 0 aliphatic heterocycles. The average molecular weight is 181 g/mol.